The predicted molar refractivity (Wildman–Crippen MR) is 115 cm³/mol. The molecule has 1 aliphatic carbocycles. The fourth-order valence-electron chi connectivity index (χ4n) is 4.16. The number of pyridine rings is 1. The summed E-state index contributed by atoms with van der Waals surface area (Å²) in [4.78, 5) is 39.5. The fourth-order valence-corrected chi connectivity index (χ4v) is 4.16. The Hall–Kier alpha value is -3.32. The van der Waals surface area contributed by atoms with Crippen LogP contribution in [0.1, 0.15) is 27.9 Å². The summed E-state index contributed by atoms with van der Waals surface area (Å²) in [7, 11) is 0. The highest BCUT2D eigenvalue weighted by molar-refractivity contribution is 6.02. The second kappa shape index (κ2) is 7.84. The second-order valence-corrected chi connectivity index (χ2v) is 7.70. The molecule has 0 amide bonds. The van der Waals surface area contributed by atoms with E-state index in [1.54, 1.807) is 6.20 Å². The molecule has 2 aromatic heterocycles. The van der Waals surface area contributed by atoms with E-state index < -0.39 is 0 Å². The molecule has 0 spiro atoms. The highest BCUT2D eigenvalue weighted by Crippen LogP contribution is 2.30. The van der Waals surface area contributed by atoms with Crippen molar-refractivity contribution in [1.82, 2.24) is 15.0 Å². The summed E-state index contributed by atoms with van der Waals surface area (Å²) >= 11 is 0. The predicted octanol–water partition coefficient (Wildman–Crippen LogP) is 2.61. The summed E-state index contributed by atoms with van der Waals surface area (Å²) < 4.78 is 5.37. The van der Waals surface area contributed by atoms with Gasteiger partial charge in [-0.1, -0.05) is 42.5 Å². The number of ketones is 1. The van der Waals surface area contributed by atoms with E-state index in [1.807, 2.05) is 41.3 Å². The quantitative estimate of drug-likeness (QED) is 0.725. The maximum absolute atomic E-state index is 13.0. The van der Waals surface area contributed by atoms with Gasteiger partial charge in [0.05, 0.1) is 18.6 Å². The minimum Gasteiger partial charge on any atom is -0.378 e. The number of allylic oxidation sites excluding steroid dienone is 1. The number of H-pyrrole nitrogens is 1. The molecular weight excluding hydrogens is 380 g/mol. The Bertz CT molecular complexity index is 1180. The van der Waals surface area contributed by atoms with Gasteiger partial charge >= 0.3 is 0 Å². The molecule has 3 heterocycles. The molecule has 0 bridgehead atoms. The van der Waals surface area contributed by atoms with E-state index in [4.69, 9.17) is 4.74 Å². The number of fused-ring (bicyclic) bond motifs is 3. The summed E-state index contributed by atoms with van der Waals surface area (Å²) in [6.45, 7) is 2.54. The summed E-state index contributed by atoms with van der Waals surface area (Å²) in [5.41, 5.74) is 2.52. The number of benzene rings is 1. The number of hydrogen-bond donors (Lipinski definition) is 1. The van der Waals surface area contributed by atoms with Gasteiger partial charge in [0.1, 0.15) is 0 Å². The average molecular weight is 402 g/mol. The lowest BCUT2D eigenvalue weighted by atomic mass is 9.82. The van der Waals surface area contributed by atoms with Crippen LogP contribution < -0.4 is 10.5 Å². The molecule has 1 aliphatic heterocycles. The van der Waals surface area contributed by atoms with Crippen molar-refractivity contribution in [3.05, 3.63) is 69.6 Å². The van der Waals surface area contributed by atoms with Crippen molar-refractivity contribution in [2.24, 2.45) is 5.92 Å². The Morgan fingerprint density at radius 1 is 1.10 bits per heavy atom. The van der Waals surface area contributed by atoms with Gasteiger partial charge in [-0.2, -0.15) is 4.98 Å². The molecule has 7 heteroatoms. The molecule has 5 rings (SSSR count). The lowest BCUT2D eigenvalue weighted by Crippen LogP contribution is -2.38. The molecule has 2 aliphatic rings. The highest BCUT2D eigenvalue weighted by Gasteiger charge is 2.28. The number of aromatic amines is 1. The summed E-state index contributed by atoms with van der Waals surface area (Å²) in [5.74, 6) is 0.560. The van der Waals surface area contributed by atoms with E-state index in [-0.39, 0.29) is 17.3 Å². The van der Waals surface area contributed by atoms with Crippen LogP contribution in [0.4, 0.5) is 5.95 Å². The molecule has 1 saturated heterocycles. The zero-order valence-electron chi connectivity index (χ0n) is 16.5. The Kier molecular flexibility index (Phi) is 4.88. The van der Waals surface area contributed by atoms with E-state index in [1.165, 1.54) is 0 Å². The normalized spacial score (nSPS) is 19.4. The number of rotatable bonds is 3. The first kappa shape index (κ1) is 18.7. The van der Waals surface area contributed by atoms with Crippen LogP contribution in [-0.4, -0.2) is 47.0 Å². The topological polar surface area (TPSA) is 88.2 Å². The smallest absolute Gasteiger partial charge is 0.262 e. The maximum atomic E-state index is 13.0. The van der Waals surface area contributed by atoms with Crippen molar-refractivity contribution in [2.45, 2.75) is 12.8 Å². The van der Waals surface area contributed by atoms with Crippen LogP contribution in [-0.2, 0) is 11.2 Å². The van der Waals surface area contributed by atoms with Crippen molar-refractivity contribution in [3.8, 4) is 0 Å². The van der Waals surface area contributed by atoms with Crippen molar-refractivity contribution in [3.63, 3.8) is 0 Å². The van der Waals surface area contributed by atoms with Gasteiger partial charge in [0, 0.05) is 31.3 Å². The fraction of sp³-hybridized carbons (Fsp3) is 0.304. The van der Waals surface area contributed by atoms with Crippen LogP contribution in [0.3, 0.4) is 0 Å². The number of Topliss-reactive ketones (excluding diaryl/α,β-unsaturated/α-hetero) is 1. The van der Waals surface area contributed by atoms with Gasteiger partial charge in [-0.3, -0.25) is 14.6 Å². The van der Waals surface area contributed by atoms with Gasteiger partial charge in [0.2, 0.25) is 5.95 Å². The van der Waals surface area contributed by atoms with Gasteiger partial charge in [0.25, 0.3) is 5.56 Å². The van der Waals surface area contributed by atoms with Crippen molar-refractivity contribution >= 4 is 28.8 Å². The molecular formula is C23H22N4O3. The SMILES string of the molecule is O=C1C[C@H](/C=C/c2ccccc2)Cc2c1cnc1nc(N3CCOCC3)[nH]c(=O)c21. The minimum atomic E-state index is -0.244. The lowest BCUT2D eigenvalue weighted by molar-refractivity contribution is 0.0959. The third-order valence-corrected chi connectivity index (χ3v) is 5.72. The molecule has 30 heavy (non-hydrogen) atoms. The zero-order chi connectivity index (χ0) is 20.5. The third-order valence-electron chi connectivity index (χ3n) is 5.72. The molecule has 0 saturated carbocycles. The van der Waals surface area contributed by atoms with Crippen LogP contribution in [0, 0.1) is 5.92 Å². The summed E-state index contributed by atoms with van der Waals surface area (Å²) in [5, 5.41) is 0.427. The van der Waals surface area contributed by atoms with Gasteiger partial charge < -0.3 is 9.64 Å². The van der Waals surface area contributed by atoms with Crippen LogP contribution in [0.15, 0.2) is 47.4 Å². The number of nitrogens with zero attached hydrogens (tertiary/aromatic N) is 3. The van der Waals surface area contributed by atoms with E-state index in [0.29, 0.717) is 61.7 Å². The largest absolute Gasteiger partial charge is 0.378 e. The van der Waals surface area contributed by atoms with Gasteiger partial charge in [-0.05, 0) is 23.5 Å². The Labute approximate surface area is 173 Å². The highest BCUT2D eigenvalue weighted by atomic mass is 16.5. The first-order valence-electron chi connectivity index (χ1n) is 10.2. The maximum Gasteiger partial charge on any atom is 0.262 e. The molecule has 0 unspecified atom stereocenters. The molecule has 1 fully saturated rings. The first-order chi connectivity index (χ1) is 14.7. The number of morpholine rings is 1. The number of carbonyl (C=O) groups is 1. The molecule has 7 nitrogen and oxygen atoms in total. The Morgan fingerprint density at radius 2 is 1.90 bits per heavy atom. The first-order valence-corrected chi connectivity index (χ1v) is 10.2. The van der Waals surface area contributed by atoms with Crippen LogP contribution in [0.25, 0.3) is 17.1 Å². The van der Waals surface area contributed by atoms with Crippen LogP contribution in [0.2, 0.25) is 0 Å². The molecule has 1 atom stereocenters. The van der Waals surface area contributed by atoms with Gasteiger partial charge in [-0.15, -0.1) is 0 Å². The number of hydrogen-bond acceptors (Lipinski definition) is 6. The van der Waals surface area contributed by atoms with E-state index >= 15 is 0 Å². The number of ether oxygens (including phenoxy) is 1. The molecule has 152 valence electrons. The number of carbonyl (C=O) groups excluding carboxylic acids is 1. The van der Waals surface area contributed by atoms with E-state index in [0.717, 1.165) is 11.1 Å². The van der Waals surface area contributed by atoms with Gasteiger partial charge in [-0.25, -0.2) is 4.98 Å². The van der Waals surface area contributed by atoms with Crippen molar-refractivity contribution in [2.75, 3.05) is 31.2 Å². The minimum absolute atomic E-state index is 0.0185. The van der Waals surface area contributed by atoms with E-state index in [2.05, 4.69) is 21.0 Å². The number of anilines is 1. The molecule has 1 N–H and O–H groups in total. The lowest BCUT2D eigenvalue weighted by Gasteiger charge is -2.27. The second-order valence-electron chi connectivity index (χ2n) is 7.70. The van der Waals surface area contributed by atoms with Crippen LogP contribution in [0.5, 0.6) is 0 Å². The number of aromatic nitrogens is 3. The Morgan fingerprint density at radius 3 is 2.70 bits per heavy atom. The standard InChI is InChI=1S/C23H22N4O3/c28-19-13-16(7-6-15-4-2-1-3-5-15)12-17-18(19)14-24-21-20(17)22(29)26-23(25-21)27-8-10-30-11-9-27/h1-7,14,16H,8-13H2,(H,24,25,26,29)/b7-6+/t16-/m1/s1. The Balaban J connectivity index is 1.51. The molecule has 0 radical (unpaired) electrons. The summed E-state index contributed by atoms with van der Waals surface area (Å²) in [6.07, 6.45) is 6.70. The monoisotopic (exact) mass is 402 g/mol. The van der Waals surface area contributed by atoms with Crippen LogP contribution >= 0.6 is 0 Å². The zero-order valence-corrected chi connectivity index (χ0v) is 16.5. The number of nitrogens with one attached hydrogen (secondary N) is 1. The van der Waals surface area contributed by atoms with Crippen molar-refractivity contribution < 1.29 is 9.53 Å². The molecule has 3 aromatic rings. The summed E-state index contributed by atoms with van der Waals surface area (Å²) in [6, 6.07) is 9.99. The van der Waals surface area contributed by atoms with Gasteiger partial charge in [0.15, 0.2) is 11.4 Å². The van der Waals surface area contributed by atoms with E-state index in [9.17, 15) is 9.59 Å². The molecule has 1 aromatic carbocycles. The third kappa shape index (κ3) is 3.52. The van der Waals surface area contributed by atoms with Crippen molar-refractivity contribution in [1.29, 1.82) is 0 Å². The average Bonchev–Trinajstić information content (AvgIpc) is 2.78.